The monoisotopic (exact) mass is 339 g/mol. The summed E-state index contributed by atoms with van der Waals surface area (Å²) in [6, 6.07) is 5.40. The number of ether oxygens (including phenoxy) is 2. The number of amides is 1. The quantitative estimate of drug-likeness (QED) is 0.905. The summed E-state index contributed by atoms with van der Waals surface area (Å²) in [6.45, 7) is 1.48. The average Bonchev–Trinajstić information content (AvgIpc) is 2.53. The van der Waals surface area contributed by atoms with Crippen LogP contribution in [0.3, 0.4) is 0 Å². The van der Waals surface area contributed by atoms with Gasteiger partial charge >= 0.3 is 5.97 Å². The van der Waals surface area contributed by atoms with Crippen molar-refractivity contribution in [2.75, 3.05) is 26.3 Å². The Hall–Kier alpha value is -1.79. The van der Waals surface area contributed by atoms with Crippen LogP contribution in [0, 0.1) is 5.92 Å². The lowest BCUT2D eigenvalue weighted by Crippen LogP contribution is -2.50. The van der Waals surface area contributed by atoms with Crippen molar-refractivity contribution in [3.63, 3.8) is 0 Å². The first-order chi connectivity index (χ1) is 11.0. The molecule has 0 saturated carbocycles. The second-order valence-corrected chi connectivity index (χ2v) is 6.28. The van der Waals surface area contributed by atoms with E-state index in [1.54, 1.807) is 11.0 Å². The fourth-order valence-electron chi connectivity index (χ4n) is 3.02. The number of carboxylic acids is 1. The van der Waals surface area contributed by atoms with Gasteiger partial charge in [-0.3, -0.25) is 9.59 Å². The van der Waals surface area contributed by atoms with Crippen molar-refractivity contribution in [2.45, 2.75) is 18.9 Å². The van der Waals surface area contributed by atoms with Gasteiger partial charge in [-0.1, -0.05) is 11.6 Å². The Morgan fingerprint density at radius 2 is 2.22 bits per heavy atom. The first-order valence-corrected chi connectivity index (χ1v) is 7.94. The summed E-state index contributed by atoms with van der Waals surface area (Å²) in [6.07, 6.45) is 0.0374. The predicted molar refractivity (Wildman–Crippen MR) is 82.7 cm³/mol. The Morgan fingerprint density at radius 3 is 3.00 bits per heavy atom. The molecule has 1 aromatic carbocycles. The van der Waals surface area contributed by atoms with Gasteiger partial charge in [0, 0.05) is 18.1 Å². The van der Waals surface area contributed by atoms with Crippen molar-refractivity contribution in [1.82, 2.24) is 4.90 Å². The first-order valence-electron chi connectivity index (χ1n) is 7.56. The Labute approximate surface area is 138 Å². The van der Waals surface area contributed by atoms with Crippen molar-refractivity contribution in [2.24, 2.45) is 5.92 Å². The average molecular weight is 340 g/mol. The Balaban J connectivity index is 1.65. The number of halogens is 1. The highest BCUT2D eigenvalue weighted by Gasteiger charge is 2.33. The van der Waals surface area contributed by atoms with Crippen LogP contribution >= 0.6 is 11.6 Å². The maximum absolute atomic E-state index is 12.7. The number of fused-ring (bicyclic) bond motifs is 1. The molecule has 1 aromatic rings. The molecule has 1 N–H and O–H groups in total. The van der Waals surface area contributed by atoms with E-state index in [9.17, 15) is 9.59 Å². The first kappa shape index (κ1) is 16.1. The molecule has 0 unspecified atom stereocenters. The van der Waals surface area contributed by atoms with Gasteiger partial charge in [0.1, 0.15) is 12.4 Å². The molecular formula is C16H18ClNO5. The number of nitrogens with zero attached hydrogens (tertiary/aromatic N) is 1. The van der Waals surface area contributed by atoms with E-state index in [1.165, 1.54) is 0 Å². The smallest absolute Gasteiger partial charge is 0.306 e. The molecule has 0 spiro atoms. The molecule has 2 heterocycles. The molecule has 3 rings (SSSR count). The molecule has 0 aromatic heterocycles. The normalized spacial score (nSPS) is 23.8. The van der Waals surface area contributed by atoms with Gasteiger partial charge in [0.15, 0.2) is 0 Å². The molecule has 6 nitrogen and oxygen atoms in total. The molecule has 0 aliphatic carbocycles. The van der Waals surface area contributed by atoms with Crippen molar-refractivity contribution < 1.29 is 24.2 Å². The van der Waals surface area contributed by atoms with Gasteiger partial charge < -0.3 is 19.5 Å². The lowest BCUT2D eigenvalue weighted by molar-refractivity contribution is -0.150. The van der Waals surface area contributed by atoms with Gasteiger partial charge in [-0.05, 0) is 30.2 Å². The molecule has 2 aliphatic heterocycles. The van der Waals surface area contributed by atoms with Crippen molar-refractivity contribution in [3.05, 3.63) is 28.8 Å². The van der Waals surface area contributed by atoms with Crippen LogP contribution in [0.15, 0.2) is 18.2 Å². The van der Waals surface area contributed by atoms with Crippen LogP contribution in [0.25, 0.3) is 0 Å². The molecule has 23 heavy (non-hydrogen) atoms. The summed E-state index contributed by atoms with van der Waals surface area (Å²) in [5.74, 6) is -0.447. The number of carbonyl (C=O) groups is 2. The van der Waals surface area contributed by atoms with Crippen molar-refractivity contribution in [1.29, 1.82) is 0 Å². The minimum atomic E-state index is -0.922. The zero-order chi connectivity index (χ0) is 16.4. The largest absolute Gasteiger partial charge is 0.492 e. The van der Waals surface area contributed by atoms with Gasteiger partial charge in [-0.25, -0.2) is 0 Å². The Bertz CT molecular complexity index is 620. The van der Waals surface area contributed by atoms with Gasteiger partial charge in [-0.2, -0.15) is 0 Å². The number of hydrogen-bond donors (Lipinski definition) is 1. The van der Waals surface area contributed by atoms with E-state index in [0.717, 1.165) is 11.3 Å². The number of benzene rings is 1. The molecule has 1 saturated heterocycles. The van der Waals surface area contributed by atoms with E-state index in [2.05, 4.69) is 0 Å². The number of morpholine rings is 1. The van der Waals surface area contributed by atoms with E-state index in [0.29, 0.717) is 37.7 Å². The molecule has 124 valence electrons. The lowest BCUT2D eigenvalue weighted by atomic mass is 9.95. The number of carboxylic acid groups (broad SMARTS) is 1. The minimum Gasteiger partial charge on any atom is -0.492 e. The fourth-order valence-corrected chi connectivity index (χ4v) is 3.21. The summed E-state index contributed by atoms with van der Waals surface area (Å²) in [5.41, 5.74) is 0.928. The second-order valence-electron chi connectivity index (χ2n) is 5.84. The summed E-state index contributed by atoms with van der Waals surface area (Å²) in [4.78, 5) is 25.2. The highest BCUT2D eigenvalue weighted by molar-refractivity contribution is 6.30. The van der Waals surface area contributed by atoms with Crippen LogP contribution in [0.5, 0.6) is 5.75 Å². The summed E-state index contributed by atoms with van der Waals surface area (Å²) >= 11 is 6.00. The number of carbonyl (C=O) groups excluding carboxylic acids is 1. The van der Waals surface area contributed by atoms with Crippen LogP contribution in [0.2, 0.25) is 5.02 Å². The number of aliphatic carboxylic acids is 1. The summed E-state index contributed by atoms with van der Waals surface area (Å²) in [7, 11) is 0. The predicted octanol–water partition coefficient (Wildman–Crippen LogP) is 1.59. The Morgan fingerprint density at radius 1 is 1.39 bits per heavy atom. The van der Waals surface area contributed by atoms with Crippen LogP contribution < -0.4 is 4.74 Å². The van der Waals surface area contributed by atoms with E-state index in [1.807, 2.05) is 12.1 Å². The van der Waals surface area contributed by atoms with E-state index in [-0.39, 0.29) is 18.2 Å². The maximum atomic E-state index is 12.7. The molecule has 2 atom stereocenters. The summed E-state index contributed by atoms with van der Waals surface area (Å²) < 4.78 is 11.1. The summed E-state index contributed by atoms with van der Waals surface area (Å²) in [5, 5.41) is 9.48. The zero-order valence-electron chi connectivity index (χ0n) is 12.5. The lowest BCUT2D eigenvalue weighted by Gasteiger charge is -2.35. The number of hydrogen-bond acceptors (Lipinski definition) is 4. The number of rotatable bonds is 3. The van der Waals surface area contributed by atoms with E-state index in [4.69, 9.17) is 26.2 Å². The SMILES string of the molecule is O=C(O)C[C@H]1CN(C(=O)[C@H]2COc3ccc(Cl)cc3C2)CCO1. The second kappa shape index (κ2) is 6.76. The topological polar surface area (TPSA) is 76.1 Å². The molecule has 1 fully saturated rings. The molecule has 7 heteroatoms. The minimum absolute atomic E-state index is 0.0192. The Kier molecular flexibility index (Phi) is 4.73. The van der Waals surface area contributed by atoms with Crippen LogP contribution in [-0.4, -0.2) is 54.3 Å². The third-order valence-electron chi connectivity index (χ3n) is 4.13. The zero-order valence-corrected chi connectivity index (χ0v) is 13.3. The molecule has 2 aliphatic rings. The van der Waals surface area contributed by atoms with Crippen molar-refractivity contribution in [3.8, 4) is 5.75 Å². The van der Waals surface area contributed by atoms with Crippen LogP contribution in [0.4, 0.5) is 0 Å². The van der Waals surface area contributed by atoms with E-state index < -0.39 is 12.1 Å². The fraction of sp³-hybridized carbons (Fsp3) is 0.500. The standard InChI is InChI=1S/C16H18ClNO5/c17-12-1-2-14-10(6-12)5-11(9-23-14)16(21)18-3-4-22-13(8-18)7-15(19)20/h1-2,6,11,13H,3-5,7-9H2,(H,19,20)/t11-,13+/m1/s1. The molecule has 0 radical (unpaired) electrons. The van der Waals surface area contributed by atoms with Crippen LogP contribution in [0.1, 0.15) is 12.0 Å². The molecule has 1 amide bonds. The van der Waals surface area contributed by atoms with Crippen LogP contribution in [-0.2, 0) is 20.7 Å². The van der Waals surface area contributed by atoms with Gasteiger partial charge in [0.05, 0.1) is 25.0 Å². The molecule has 0 bridgehead atoms. The highest BCUT2D eigenvalue weighted by Crippen LogP contribution is 2.30. The molecular weight excluding hydrogens is 322 g/mol. The van der Waals surface area contributed by atoms with Gasteiger partial charge in [0.2, 0.25) is 5.91 Å². The third-order valence-corrected chi connectivity index (χ3v) is 4.37. The van der Waals surface area contributed by atoms with Gasteiger partial charge in [0.25, 0.3) is 0 Å². The van der Waals surface area contributed by atoms with E-state index >= 15 is 0 Å². The van der Waals surface area contributed by atoms with Gasteiger partial charge in [-0.15, -0.1) is 0 Å². The highest BCUT2D eigenvalue weighted by atomic mass is 35.5. The maximum Gasteiger partial charge on any atom is 0.306 e. The van der Waals surface area contributed by atoms with Crippen molar-refractivity contribution >= 4 is 23.5 Å². The third kappa shape index (κ3) is 3.76.